The Bertz CT molecular complexity index is 803. The van der Waals surface area contributed by atoms with Crippen molar-refractivity contribution in [3.8, 4) is 0 Å². The van der Waals surface area contributed by atoms with Gasteiger partial charge in [0.25, 0.3) is 5.56 Å². The van der Waals surface area contributed by atoms with Gasteiger partial charge in [-0.05, 0) is 11.6 Å². The Balaban J connectivity index is 1.97. The maximum atomic E-state index is 12.3. The number of pyridine rings is 1. The van der Waals surface area contributed by atoms with Crippen LogP contribution in [0.4, 0.5) is 5.82 Å². The van der Waals surface area contributed by atoms with Crippen LogP contribution in [0.15, 0.2) is 35.6 Å². The van der Waals surface area contributed by atoms with Gasteiger partial charge in [0.05, 0.1) is 12.7 Å². The summed E-state index contributed by atoms with van der Waals surface area (Å²) in [6, 6.07) is 3.60. The second-order valence-corrected chi connectivity index (χ2v) is 4.38. The summed E-state index contributed by atoms with van der Waals surface area (Å²) in [5.41, 5.74) is 3.79. The number of nitrogens with two attached hydrogens (primary N) is 1. The molecule has 0 atom stereocenters. The summed E-state index contributed by atoms with van der Waals surface area (Å²) in [5.74, 6) is 5.83. The number of hydrogen-bond acceptors (Lipinski definition) is 6. The van der Waals surface area contributed by atoms with E-state index in [1.807, 2.05) is 6.07 Å². The molecule has 20 heavy (non-hydrogen) atoms. The smallest absolute Gasteiger partial charge is 0.264 e. The molecule has 3 N–H and O–H groups in total. The van der Waals surface area contributed by atoms with Crippen molar-refractivity contribution in [1.29, 1.82) is 0 Å². The third-order valence-corrected chi connectivity index (χ3v) is 3.04. The molecule has 0 bridgehead atoms. The van der Waals surface area contributed by atoms with Crippen LogP contribution in [0.2, 0.25) is 0 Å². The highest BCUT2D eigenvalue weighted by Crippen LogP contribution is 2.07. The number of aromatic nitrogens is 5. The molecule has 0 amide bonds. The zero-order valence-electron chi connectivity index (χ0n) is 10.8. The van der Waals surface area contributed by atoms with Gasteiger partial charge >= 0.3 is 0 Å². The second-order valence-electron chi connectivity index (χ2n) is 4.38. The van der Waals surface area contributed by atoms with Crippen molar-refractivity contribution in [3.63, 3.8) is 0 Å². The average molecular weight is 271 g/mol. The van der Waals surface area contributed by atoms with E-state index in [-0.39, 0.29) is 5.56 Å². The van der Waals surface area contributed by atoms with E-state index in [0.717, 1.165) is 5.56 Å². The van der Waals surface area contributed by atoms with Gasteiger partial charge in [0.1, 0.15) is 17.5 Å². The van der Waals surface area contributed by atoms with Crippen LogP contribution >= 0.6 is 0 Å². The molecule has 102 valence electrons. The van der Waals surface area contributed by atoms with E-state index in [1.165, 1.54) is 17.1 Å². The van der Waals surface area contributed by atoms with E-state index in [4.69, 9.17) is 5.84 Å². The summed E-state index contributed by atoms with van der Waals surface area (Å²) >= 11 is 0. The fraction of sp³-hybridized carbons (Fsp3) is 0.167. The van der Waals surface area contributed by atoms with Crippen molar-refractivity contribution in [2.24, 2.45) is 12.9 Å². The third kappa shape index (κ3) is 2.01. The van der Waals surface area contributed by atoms with Gasteiger partial charge in [-0.2, -0.15) is 5.10 Å². The maximum absolute atomic E-state index is 12.3. The molecule has 0 unspecified atom stereocenters. The molecule has 0 aliphatic carbocycles. The van der Waals surface area contributed by atoms with Gasteiger partial charge in [-0.3, -0.25) is 14.0 Å². The highest BCUT2D eigenvalue weighted by atomic mass is 16.1. The predicted molar refractivity (Wildman–Crippen MR) is 73.9 cm³/mol. The molecule has 0 aliphatic rings. The lowest BCUT2D eigenvalue weighted by Crippen LogP contribution is -2.21. The zero-order chi connectivity index (χ0) is 14.1. The Morgan fingerprint density at radius 3 is 2.85 bits per heavy atom. The number of nitrogen functional groups attached to an aromatic ring is 1. The highest BCUT2D eigenvalue weighted by Gasteiger charge is 2.08. The molecule has 8 nitrogen and oxygen atoms in total. The van der Waals surface area contributed by atoms with Gasteiger partial charge in [0.15, 0.2) is 5.65 Å². The highest BCUT2D eigenvalue weighted by molar-refractivity contribution is 5.72. The van der Waals surface area contributed by atoms with E-state index < -0.39 is 0 Å². The third-order valence-electron chi connectivity index (χ3n) is 3.04. The minimum Gasteiger partial charge on any atom is -0.308 e. The lowest BCUT2D eigenvalue weighted by atomic mass is 10.3. The molecule has 3 aromatic rings. The van der Waals surface area contributed by atoms with Crippen LogP contribution in [-0.4, -0.2) is 24.3 Å². The number of nitrogens with zero attached hydrogens (tertiary/aromatic N) is 5. The molecular formula is C12H13N7O. The summed E-state index contributed by atoms with van der Waals surface area (Å²) in [5, 5.41) is 4.54. The first-order chi connectivity index (χ1) is 9.69. The Hall–Kier alpha value is -2.74. The maximum Gasteiger partial charge on any atom is 0.264 e. The van der Waals surface area contributed by atoms with E-state index in [2.05, 4.69) is 20.5 Å². The number of nitrogens with one attached hydrogen (secondary N) is 1. The Labute approximate surface area is 113 Å². The van der Waals surface area contributed by atoms with Crippen LogP contribution in [0, 0.1) is 0 Å². The molecule has 8 heteroatoms. The molecule has 0 spiro atoms. The topological polar surface area (TPSA) is 104 Å². The van der Waals surface area contributed by atoms with Crippen molar-refractivity contribution in [3.05, 3.63) is 46.8 Å². The van der Waals surface area contributed by atoms with E-state index in [1.54, 1.807) is 24.0 Å². The van der Waals surface area contributed by atoms with Gasteiger partial charge in [-0.15, -0.1) is 0 Å². The number of aryl methyl sites for hydroxylation is 1. The standard InChI is InChI=1S/C12H13N7O/c1-18-11-9(5-16-18)12(20)19(7-15-11)6-8-2-3-10(17-13)14-4-8/h2-5,7H,6,13H2,1H3,(H,14,17). The molecule has 0 radical (unpaired) electrons. The largest absolute Gasteiger partial charge is 0.308 e. The Kier molecular flexibility index (Phi) is 2.92. The molecular weight excluding hydrogens is 258 g/mol. The van der Waals surface area contributed by atoms with Crippen LogP contribution in [-0.2, 0) is 13.6 Å². The Morgan fingerprint density at radius 1 is 1.30 bits per heavy atom. The number of fused-ring (bicyclic) bond motifs is 1. The van der Waals surface area contributed by atoms with Crippen LogP contribution in [0.3, 0.4) is 0 Å². The van der Waals surface area contributed by atoms with Crippen molar-refractivity contribution >= 4 is 16.9 Å². The molecule has 0 saturated heterocycles. The number of anilines is 1. The van der Waals surface area contributed by atoms with E-state index in [9.17, 15) is 4.79 Å². The fourth-order valence-corrected chi connectivity index (χ4v) is 1.98. The number of hydrogen-bond donors (Lipinski definition) is 2. The molecule has 3 heterocycles. The van der Waals surface area contributed by atoms with Crippen molar-refractivity contribution in [1.82, 2.24) is 24.3 Å². The van der Waals surface area contributed by atoms with Gasteiger partial charge in [-0.1, -0.05) is 6.07 Å². The second kappa shape index (κ2) is 4.74. The van der Waals surface area contributed by atoms with Gasteiger partial charge in [0, 0.05) is 13.2 Å². The Morgan fingerprint density at radius 2 is 2.15 bits per heavy atom. The first-order valence-corrected chi connectivity index (χ1v) is 5.98. The van der Waals surface area contributed by atoms with Crippen LogP contribution in [0.25, 0.3) is 11.0 Å². The summed E-state index contributed by atoms with van der Waals surface area (Å²) in [6.45, 7) is 0.397. The summed E-state index contributed by atoms with van der Waals surface area (Å²) in [6.07, 6.45) is 4.71. The van der Waals surface area contributed by atoms with Crippen LogP contribution < -0.4 is 16.8 Å². The molecule has 0 aliphatic heterocycles. The van der Waals surface area contributed by atoms with Gasteiger partial charge < -0.3 is 5.43 Å². The minimum atomic E-state index is -0.121. The molecule has 0 fully saturated rings. The number of rotatable bonds is 3. The quantitative estimate of drug-likeness (QED) is 0.507. The molecule has 3 aromatic heterocycles. The van der Waals surface area contributed by atoms with Crippen LogP contribution in [0.1, 0.15) is 5.56 Å². The monoisotopic (exact) mass is 271 g/mol. The SMILES string of the molecule is Cn1ncc2c(=O)n(Cc3ccc(NN)nc3)cnc21. The van der Waals surface area contributed by atoms with Crippen molar-refractivity contribution in [2.45, 2.75) is 6.54 Å². The molecule has 3 rings (SSSR count). The summed E-state index contributed by atoms with van der Waals surface area (Å²) in [4.78, 5) is 20.6. The van der Waals surface area contributed by atoms with Crippen LogP contribution in [0.5, 0.6) is 0 Å². The average Bonchev–Trinajstić information content (AvgIpc) is 2.85. The van der Waals surface area contributed by atoms with Gasteiger partial charge in [0.2, 0.25) is 0 Å². The first-order valence-electron chi connectivity index (χ1n) is 5.98. The summed E-state index contributed by atoms with van der Waals surface area (Å²) in [7, 11) is 1.75. The zero-order valence-corrected chi connectivity index (χ0v) is 10.8. The fourth-order valence-electron chi connectivity index (χ4n) is 1.98. The first kappa shape index (κ1) is 12.3. The van der Waals surface area contributed by atoms with E-state index >= 15 is 0 Å². The summed E-state index contributed by atoms with van der Waals surface area (Å²) < 4.78 is 3.10. The minimum absolute atomic E-state index is 0.121. The lowest BCUT2D eigenvalue weighted by Gasteiger charge is -2.06. The number of hydrazine groups is 1. The lowest BCUT2D eigenvalue weighted by molar-refractivity contribution is 0.735. The van der Waals surface area contributed by atoms with E-state index in [0.29, 0.717) is 23.4 Å². The molecule has 0 aromatic carbocycles. The van der Waals surface area contributed by atoms with Crippen molar-refractivity contribution in [2.75, 3.05) is 5.43 Å². The predicted octanol–water partition coefficient (Wildman–Crippen LogP) is -0.141. The van der Waals surface area contributed by atoms with Crippen molar-refractivity contribution < 1.29 is 0 Å². The van der Waals surface area contributed by atoms with Gasteiger partial charge in [-0.25, -0.2) is 15.8 Å². The normalized spacial score (nSPS) is 10.9. The molecule has 0 saturated carbocycles.